The first-order valence-electron chi connectivity index (χ1n) is 5.17. The van der Waals surface area contributed by atoms with Crippen molar-refractivity contribution in [3.05, 3.63) is 0 Å². The SMILES string of the molecule is CN(C1CCC1)C1CS(=O)(=O)CC1N. The molecule has 0 bridgehead atoms. The van der Waals surface area contributed by atoms with Crippen LogP contribution in [0.4, 0.5) is 0 Å². The molecule has 2 atom stereocenters. The van der Waals surface area contributed by atoms with Crippen LogP contribution in [-0.4, -0.2) is 50.0 Å². The molecule has 1 aliphatic carbocycles. The van der Waals surface area contributed by atoms with E-state index in [0.29, 0.717) is 6.04 Å². The first-order chi connectivity index (χ1) is 6.49. The third-order valence-corrected chi connectivity index (χ3v) is 5.28. The highest BCUT2D eigenvalue weighted by molar-refractivity contribution is 7.91. The van der Waals surface area contributed by atoms with Crippen molar-refractivity contribution in [3.8, 4) is 0 Å². The van der Waals surface area contributed by atoms with Gasteiger partial charge in [0.05, 0.1) is 11.5 Å². The Bertz CT molecular complexity index is 311. The van der Waals surface area contributed by atoms with Crippen LogP contribution in [0.1, 0.15) is 19.3 Å². The van der Waals surface area contributed by atoms with Crippen molar-refractivity contribution in [3.63, 3.8) is 0 Å². The van der Waals surface area contributed by atoms with Gasteiger partial charge in [-0.1, -0.05) is 6.42 Å². The normalized spacial score (nSPS) is 37.4. The fourth-order valence-electron chi connectivity index (χ4n) is 2.34. The minimum atomic E-state index is -2.87. The van der Waals surface area contributed by atoms with Gasteiger partial charge in [-0.25, -0.2) is 8.42 Å². The van der Waals surface area contributed by atoms with Crippen LogP contribution in [0, 0.1) is 0 Å². The topological polar surface area (TPSA) is 63.4 Å². The molecule has 0 spiro atoms. The lowest BCUT2D eigenvalue weighted by atomic mass is 9.90. The molecule has 4 nitrogen and oxygen atoms in total. The molecular formula is C9H18N2O2S. The summed E-state index contributed by atoms with van der Waals surface area (Å²) in [7, 11) is -0.865. The average molecular weight is 218 g/mol. The van der Waals surface area contributed by atoms with Crippen LogP contribution in [0.5, 0.6) is 0 Å². The van der Waals surface area contributed by atoms with E-state index >= 15 is 0 Å². The second kappa shape index (κ2) is 3.47. The van der Waals surface area contributed by atoms with Crippen LogP contribution in [0.25, 0.3) is 0 Å². The number of rotatable bonds is 2. The van der Waals surface area contributed by atoms with Crippen molar-refractivity contribution < 1.29 is 8.42 Å². The van der Waals surface area contributed by atoms with E-state index in [2.05, 4.69) is 4.90 Å². The predicted molar refractivity (Wildman–Crippen MR) is 55.8 cm³/mol. The lowest BCUT2D eigenvalue weighted by Crippen LogP contribution is -2.51. The molecule has 2 N–H and O–H groups in total. The molecule has 2 rings (SSSR count). The zero-order valence-corrected chi connectivity index (χ0v) is 9.33. The minimum Gasteiger partial charge on any atom is -0.325 e. The second-order valence-electron chi connectivity index (χ2n) is 4.56. The predicted octanol–water partition coefficient (Wildman–Crippen LogP) is -0.405. The van der Waals surface area contributed by atoms with E-state index in [4.69, 9.17) is 5.73 Å². The van der Waals surface area contributed by atoms with Gasteiger partial charge in [-0.15, -0.1) is 0 Å². The highest BCUT2D eigenvalue weighted by atomic mass is 32.2. The fraction of sp³-hybridized carbons (Fsp3) is 1.00. The zero-order valence-electron chi connectivity index (χ0n) is 8.52. The van der Waals surface area contributed by atoms with Gasteiger partial charge in [-0.3, -0.25) is 4.90 Å². The number of nitrogens with two attached hydrogens (primary N) is 1. The van der Waals surface area contributed by atoms with E-state index in [9.17, 15) is 8.42 Å². The molecule has 0 aromatic heterocycles. The largest absolute Gasteiger partial charge is 0.325 e. The molecule has 1 saturated heterocycles. The Kier molecular flexibility index (Phi) is 2.57. The Morgan fingerprint density at radius 1 is 1.29 bits per heavy atom. The smallest absolute Gasteiger partial charge is 0.153 e. The maximum Gasteiger partial charge on any atom is 0.153 e. The second-order valence-corrected chi connectivity index (χ2v) is 6.71. The maximum atomic E-state index is 11.4. The van der Waals surface area contributed by atoms with E-state index < -0.39 is 9.84 Å². The molecule has 2 aliphatic rings. The van der Waals surface area contributed by atoms with E-state index in [-0.39, 0.29) is 23.6 Å². The number of sulfone groups is 1. The van der Waals surface area contributed by atoms with Crippen molar-refractivity contribution >= 4 is 9.84 Å². The lowest BCUT2D eigenvalue weighted by Gasteiger charge is -2.39. The highest BCUT2D eigenvalue weighted by Gasteiger charge is 2.40. The Labute approximate surface area is 85.4 Å². The van der Waals surface area contributed by atoms with Gasteiger partial charge in [0, 0.05) is 18.1 Å². The summed E-state index contributed by atoms with van der Waals surface area (Å²) in [4.78, 5) is 2.18. The van der Waals surface area contributed by atoms with Gasteiger partial charge in [0.1, 0.15) is 0 Å². The van der Waals surface area contributed by atoms with Crippen molar-refractivity contribution in [2.24, 2.45) is 5.73 Å². The van der Waals surface area contributed by atoms with E-state index in [1.807, 2.05) is 7.05 Å². The minimum absolute atomic E-state index is 0.0466. The summed E-state index contributed by atoms with van der Waals surface area (Å²) in [6.45, 7) is 0. The molecule has 1 saturated carbocycles. The van der Waals surface area contributed by atoms with E-state index in [1.54, 1.807) is 0 Å². The Morgan fingerprint density at radius 3 is 2.29 bits per heavy atom. The van der Waals surface area contributed by atoms with Gasteiger partial charge in [0.25, 0.3) is 0 Å². The first-order valence-corrected chi connectivity index (χ1v) is 7.00. The molecule has 0 amide bonds. The molecule has 2 fully saturated rings. The summed E-state index contributed by atoms with van der Waals surface area (Å²) in [5.74, 6) is 0.413. The monoisotopic (exact) mass is 218 g/mol. The van der Waals surface area contributed by atoms with Gasteiger partial charge >= 0.3 is 0 Å². The molecule has 2 unspecified atom stereocenters. The molecule has 1 aliphatic heterocycles. The van der Waals surface area contributed by atoms with Crippen molar-refractivity contribution in [1.82, 2.24) is 4.90 Å². The quantitative estimate of drug-likeness (QED) is 0.685. The molecular weight excluding hydrogens is 200 g/mol. The summed E-state index contributed by atoms with van der Waals surface area (Å²) >= 11 is 0. The number of hydrogen-bond acceptors (Lipinski definition) is 4. The molecule has 82 valence electrons. The molecule has 0 radical (unpaired) electrons. The number of nitrogens with zero attached hydrogens (tertiary/aromatic N) is 1. The van der Waals surface area contributed by atoms with Gasteiger partial charge in [-0.2, -0.15) is 0 Å². The maximum absolute atomic E-state index is 11.4. The standard InChI is InChI=1S/C9H18N2O2S/c1-11(7-3-2-4-7)9-6-14(12,13)5-8(9)10/h7-9H,2-6,10H2,1H3. The summed E-state index contributed by atoms with van der Waals surface area (Å²) < 4.78 is 22.8. The summed E-state index contributed by atoms with van der Waals surface area (Å²) in [6.07, 6.45) is 3.66. The van der Waals surface area contributed by atoms with Crippen LogP contribution in [0.15, 0.2) is 0 Å². The van der Waals surface area contributed by atoms with Crippen LogP contribution in [0.2, 0.25) is 0 Å². The van der Waals surface area contributed by atoms with Crippen molar-refractivity contribution in [2.75, 3.05) is 18.6 Å². The van der Waals surface area contributed by atoms with E-state index in [0.717, 1.165) is 0 Å². The van der Waals surface area contributed by atoms with Gasteiger partial charge in [0.2, 0.25) is 0 Å². The first kappa shape index (κ1) is 10.4. The Hall–Kier alpha value is -0.130. The highest BCUT2D eigenvalue weighted by Crippen LogP contribution is 2.28. The van der Waals surface area contributed by atoms with Crippen molar-refractivity contribution in [2.45, 2.75) is 37.4 Å². The number of likely N-dealkylation sites (N-methyl/N-ethyl adjacent to an activating group) is 1. The van der Waals surface area contributed by atoms with Gasteiger partial charge in [-0.05, 0) is 19.9 Å². The third-order valence-electron chi connectivity index (χ3n) is 3.54. The summed E-state index contributed by atoms with van der Waals surface area (Å²) in [5, 5.41) is 0. The van der Waals surface area contributed by atoms with Crippen LogP contribution in [0.3, 0.4) is 0 Å². The molecule has 14 heavy (non-hydrogen) atoms. The molecule has 5 heteroatoms. The van der Waals surface area contributed by atoms with Crippen molar-refractivity contribution in [1.29, 1.82) is 0 Å². The fourth-order valence-corrected chi connectivity index (χ4v) is 4.29. The zero-order chi connectivity index (χ0) is 10.3. The van der Waals surface area contributed by atoms with Gasteiger partial charge in [0.15, 0.2) is 9.84 Å². The molecule has 0 aromatic carbocycles. The van der Waals surface area contributed by atoms with Gasteiger partial charge < -0.3 is 5.73 Å². The lowest BCUT2D eigenvalue weighted by molar-refractivity contribution is 0.113. The Morgan fingerprint density at radius 2 is 1.93 bits per heavy atom. The van der Waals surface area contributed by atoms with Crippen LogP contribution >= 0.6 is 0 Å². The van der Waals surface area contributed by atoms with Crippen LogP contribution < -0.4 is 5.73 Å². The Balaban J connectivity index is 2.04. The number of hydrogen-bond donors (Lipinski definition) is 1. The third kappa shape index (κ3) is 1.81. The summed E-state index contributed by atoms with van der Waals surface area (Å²) in [6, 6.07) is 0.426. The summed E-state index contributed by atoms with van der Waals surface area (Å²) in [5.41, 5.74) is 5.85. The average Bonchev–Trinajstić information content (AvgIpc) is 2.20. The molecule has 0 aromatic rings. The van der Waals surface area contributed by atoms with Crippen LogP contribution in [-0.2, 0) is 9.84 Å². The molecule has 1 heterocycles. The van der Waals surface area contributed by atoms with E-state index in [1.165, 1.54) is 19.3 Å².